The lowest BCUT2D eigenvalue weighted by molar-refractivity contribution is -0.180. The molecule has 1 aliphatic carbocycles. The first-order chi connectivity index (χ1) is 15.0. The molecule has 1 aliphatic rings. The Balaban J connectivity index is 1.81. The van der Waals surface area contributed by atoms with Gasteiger partial charge in [-0.25, -0.2) is 23.1 Å². The van der Waals surface area contributed by atoms with Gasteiger partial charge in [0.05, 0.1) is 22.5 Å². The summed E-state index contributed by atoms with van der Waals surface area (Å²) in [5, 5.41) is 2.93. The fraction of sp³-hybridized carbons (Fsp3) is 0.350. The Kier molecular flexibility index (Phi) is 5.46. The molecule has 1 atom stereocenters. The molecule has 1 N–H and O–H groups in total. The van der Waals surface area contributed by atoms with Crippen molar-refractivity contribution < 1.29 is 26.3 Å². The van der Waals surface area contributed by atoms with E-state index in [0.29, 0.717) is 4.57 Å². The number of alkyl halides is 5. The molecule has 2 aromatic heterocycles. The van der Waals surface area contributed by atoms with Crippen LogP contribution in [0.3, 0.4) is 0 Å². The van der Waals surface area contributed by atoms with E-state index in [2.05, 4.69) is 31.2 Å². The van der Waals surface area contributed by atoms with Crippen molar-refractivity contribution in [2.45, 2.75) is 43.9 Å². The van der Waals surface area contributed by atoms with Gasteiger partial charge in [-0.1, -0.05) is 18.2 Å². The van der Waals surface area contributed by atoms with Crippen molar-refractivity contribution in [2.24, 2.45) is 0 Å². The first-order valence-corrected chi connectivity index (χ1v) is 10.2. The van der Waals surface area contributed by atoms with Crippen LogP contribution in [0.25, 0.3) is 10.9 Å². The monoisotopic (exact) mass is 520 g/mol. The SMILES string of the molecule is C[C@H](Nc1ncnc2c(Br)c(=O)n(C3(C(F)(F)F)CC3)cc12)c1cccc(C(F)F)c1F. The molecule has 32 heavy (non-hydrogen) atoms. The van der Waals surface area contributed by atoms with E-state index in [1.807, 2.05) is 0 Å². The second-order valence-electron chi connectivity index (χ2n) is 7.55. The van der Waals surface area contributed by atoms with Crippen molar-refractivity contribution in [3.05, 3.63) is 62.5 Å². The van der Waals surface area contributed by atoms with Gasteiger partial charge in [0, 0.05) is 11.8 Å². The predicted octanol–water partition coefficient (Wildman–Crippen LogP) is 5.86. The highest BCUT2D eigenvalue weighted by Crippen LogP contribution is 2.55. The van der Waals surface area contributed by atoms with Gasteiger partial charge in [-0.05, 0) is 35.7 Å². The summed E-state index contributed by atoms with van der Waals surface area (Å²) in [5.74, 6) is -1.07. The quantitative estimate of drug-likeness (QED) is 0.428. The number of pyridine rings is 1. The lowest BCUT2D eigenvalue weighted by Gasteiger charge is -2.23. The van der Waals surface area contributed by atoms with Gasteiger partial charge in [-0.3, -0.25) is 9.36 Å². The fourth-order valence-electron chi connectivity index (χ4n) is 3.65. The van der Waals surface area contributed by atoms with E-state index in [9.17, 15) is 31.1 Å². The van der Waals surface area contributed by atoms with Gasteiger partial charge in [-0.2, -0.15) is 13.2 Å². The summed E-state index contributed by atoms with van der Waals surface area (Å²) in [4.78, 5) is 20.6. The summed E-state index contributed by atoms with van der Waals surface area (Å²) in [6.07, 6.45) is -6.01. The topological polar surface area (TPSA) is 59.8 Å². The van der Waals surface area contributed by atoms with E-state index in [0.717, 1.165) is 18.6 Å². The Labute approximate surface area is 185 Å². The lowest BCUT2D eigenvalue weighted by Crippen LogP contribution is -2.41. The van der Waals surface area contributed by atoms with Crippen LogP contribution < -0.4 is 10.9 Å². The van der Waals surface area contributed by atoms with Crippen molar-refractivity contribution in [1.29, 1.82) is 0 Å². The van der Waals surface area contributed by atoms with Crippen molar-refractivity contribution in [3.8, 4) is 0 Å². The molecular formula is C20H15BrF6N4O. The molecule has 0 radical (unpaired) electrons. The summed E-state index contributed by atoms with van der Waals surface area (Å²) < 4.78 is 82.0. The minimum absolute atomic E-state index is 0.0248. The van der Waals surface area contributed by atoms with Gasteiger partial charge in [-0.15, -0.1) is 0 Å². The highest BCUT2D eigenvalue weighted by molar-refractivity contribution is 9.10. The third kappa shape index (κ3) is 3.54. The maximum Gasteiger partial charge on any atom is 0.412 e. The van der Waals surface area contributed by atoms with Gasteiger partial charge in [0.15, 0.2) is 0 Å². The number of nitrogens with one attached hydrogen (secondary N) is 1. The molecule has 170 valence electrons. The summed E-state index contributed by atoms with van der Waals surface area (Å²) in [6, 6.07) is 2.70. The van der Waals surface area contributed by atoms with Crippen molar-refractivity contribution >= 4 is 32.7 Å². The maximum atomic E-state index is 14.5. The smallest absolute Gasteiger partial charge is 0.363 e. The normalized spacial score (nSPS) is 16.4. The Morgan fingerprint density at radius 3 is 2.44 bits per heavy atom. The van der Waals surface area contributed by atoms with Crippen LogP contribution >= 0.6 is 15.9 Å². The number of hydrogen-bond acceptors (Lipinski definition) is 4. The van der Waals surface area contributed by atoms with E-state index in [4.69, 9.17) is 0 Å². The second kappa shape index (κ2) is 7.75. The molecule has 0 bridgehead atoms. The van der Waals surface area contributed by atoms with Crippen LogP contribution in [0.1, 0.15) is 43.4 Å². The maximum absolute atomic E-state index is 14.5. The van der Waals surface area contributed by atoms with Crippen LogP contribution in [0.5, 0.6) is 0 Å². The first kappa shape index (κ1) is 22.6. The Bertz CT molecular complexity index is 1260. The zero-order valence-corrected chi connectivity index (χ0v) is 17.9. The molecule has 0 spiro atoms. The number of fused-ring (bicyclic) bond motifs is 1. The fourth-order valence-corrected chi connectivity index (χ4v) is 4.16. The zero-order chi connectivity index (χ0) is 23.4. The third-order valence-electron chi connectivity index (χ3n) is 5.58. The highest BCUT2D eigenvalue weighted by Gasteiger charge is 2.65. The predicted molar refractivity (Wildman–Crippen MR) is 108 cm³/mol. The summed E-state index contributed by atoms with van der Waals surface area (Å²) >= 11 is 3.04. The average molecular weight is 521 g/mol. The van der Waals surface area contributed by atoms with Crippen LogP contribution in [0.2, 0.25) is 0 Å². The summed E-state index contributed by atoms with van der Waals surface area (Å²) in [6.45, 7) is 1.49. The van der Waals surface area contributed by atoms with Crippen molar-refractivity contribution in [3.63, 3.8) is 0 Å². The number of aromatic nitrogens is 3. The molecule has 0 saturated heterocycles. The molecule has 0 amide bonds. The Morgan fingerprint density at radius 2 is 1.84 bits per heavy atom. The molecule has 5 nitrogen and oxygen atoms in total. The van der Waals surface area contributed by atoms with Crippen LogP contribution in [0.4, 0.5) is 32.2 Å². The highest BCUT2D eigenvalue weighted by atomic mass is 79.9. The third-order valence-corrected chi connectivity index (χ3v) is 6.30. The molecular weight excluding hydrogens is 506 g/mol. The minimum Gasteiger partial charge on any atom is -0.363 e. The molecule has 1 fully saturated rings. The van der Waals surface area contributed by atoms with E-state index in [-0.39, 0.29) is 39.6 Å². The van der Waals surface area contributed by atoms with Gasteiger partial charge >= 0.3 is 6.18 Å². The van der Waals surface area contributed by atoms with Gasteiger partial charge in [0.25, 0.3) is 12.0 Å². The number of anilines is 1. The van der Waals surface area contributed by atoms with Crippen molar-refractivity contribution in [2.75, 3.05) is 5.32 Å². The summed E-state index contributed by atoms with van der Waals surface area (Å²) in [7, 11) is 0. The van der Waals surface area contributed by atoms with E-state index < -0.39 is 41.1 Å². The zero-order valence-electron chi connectivity index (χ0n) is 16.4. The van der Waals surface area contributed by atoms with Crippen LogP contribution in [-0.2, 0) is 5.54 Å². The van der Waals surface area contributed by atoms with E-state index in [1.165, 1.54) is 19.1 Å². The van der Waals surface area contributed by atoms with Gasteiger partial charge in [0.1, 0.15) is 28.0 Å². The molecule has 3 aromatic rings. The Morgan fingerprint density at radius 1 is 1.19 bits per heavy atom. The second-order valence-corrected chi connectivity index (χ2v) is 8.34. The molecule has 1 aromatic carbocycles. The number of benzene rings is 1. The summed E-state index contributed by atoms with van der Waals surface area (Å²) in [5.41, 5.74) is -3.97. The number of nitrogens with zero attached hydrogens (tertiary/aromatic N) is 3. The molecule has 12 heteroatoms. The first-order valence-electron chi connectivity index (χ1n) is 9.44. The minimum atomic E-state index is -4.64. The number of halogens is 7. The van der Waals surface area contributed by atoms with E-state index in [1.54, 1.807) is 0 Å². The standard InChI is InChI=1S/C20H15BrF6N4O/c1-9(10-3-2-4-11(14(10)22)16(23)24)30-17-12-7-31(19(5-6-19)20(25,26)27)18(32)13(21)15(12)28-8-29-17/h2-4,7-9,16H,5-6H2,1H3,(H,28,29,30)/t9-/m0/s1. The van der Waals surface area contributed by atoms with E-state index >= 15 is 0 Å². The average Bonchev–Trinajstić information content (AvgIpc) is 3.53. The largest absolute Gasteiger partial charge is 0.412 e. The lowest BCUT2D eigenvalue weighted by atomic mass is 10.0. The molecule has 2 heterocycles. The van der Waals surface area contributed by atoms with Crippen molar-refractivity contribution in [1.82, 2.24) is 14.5 Å². The van der Waals surface area contributed by atoms with Gasteiger partial charge in [0.2, 0.25) is 0 Å². The van der Waals surface area contributed by atoms with Crippen LogP contribution in [-0.4, -0.2) is 20.7 Å². The Hall–Kier alpha value is -2.63. The molecule has 1 saturated carbocycles. The number of rotatable bonds is 5. The van der Waals surface area contributed by atoms with Crippen LogP contribution in [0.15, 0.2) is 40.0 Å². The number of hydrogen-bond donors (Lipinski definition) is 1. The van der Waals surface area contributed by atoms with Gasteiger partial charge < -0.3 is 5.32 Å². The molecule has 4 rings (SSSR count). The molecule has 0 aliphatic heterocycles. The van der Waals surface area contributed by atoms with Crippen LogP contribution in [0, 0.1) is 5.82 Å². The molecule has 0 unspecified atom stereocenters.